The normalized spacial score (nSPS) is 36.3. The van der Waals surface area contributed by atoms with Crippen molar-refractivity contribution in [2.45, 2.75) is 70.6 Å². The summed E-state index contributed by atoms with van der Waals surface area (Å²) in [5, 5.41) is 3.85. The van der Waals surface area contributed by atoms with Crippen LogP contribution in [0.5, 0.6) is 0 Å². The molecule has 3 nitrogen and oxygen atoms in total. The van der Waals surface area contributed by atoms with Crippen molar-refractivity contribution in [3.63, 3.8) is 0 Å². The molecule has 0 bridgehead atoms. The van der Waals surface area contributed by atoms with Gasteiger partial charge in [-0.25, -0.2) is 0 Å². The summed E-state index contributed by atoms with van der Waals surface area (Å²) in [7, 11) is 0. The first-order valence-electron chi connectivity index (χ1n) is 8.51. The third-order valence-electron chi connectivity index (χ3n) is 5.41. The standard InChI is InChI=1S/C17H32N2O/c1-16(2,3)20-10-9-19-11-15(13-5-6-13)18-12-17(19,4)14-7-8-14/h13-15,18H,5-12H2,1-4H3. The van der Waals surface area contributed by atoms with Gasteiger partial charge in [-0.2, -0.15) is 0 Å². The third-order valence-corrected chi connectivity index (χ3v) is 5.41. The van der Waals surface area contributed by atoms with Crippen molar-refractivity contribution in [2.75, 3.05) is 26.2 Å². The summed E-state index contributed by atoms with van der Waals surface area (Å²) in [5.74, 6) is 1.86. The maximum absolute atomic E-state index is 5.97. The van der Waals surface area contributed by atoms with Crippen molar-refractivity contribution in [1.29, 1.82) is 0 Å². The van der Waals surface area contributed by atoms with Crippen molar-refractivity contribution in [3.8, 4) is 0 Å². The molecule has 3 rings (SSSR count). The first-order chi connectivity index (χ1) is 9.38. The fraction of sp³-hybridized carbons (Fsp3) is 1.00. The Morgan fingerprint density at radius 2 is 1.90 bits per heavy atom. The molecule has 1 saturated heterocycles. The summed E-state index contributed by atoms with van der Waals surface area (Å²) in [6, 6.07) is 0.733. The number of piperazine rings is 1. The highest BCUT2D eigenvalue weighted by Gasteiger charge is 2.49. The molecule has 20 heavy (non-hydrogen) atoms. The fourth-order valence-corrected chi connectivity index (χ4v) is 3.69. The molecule has 1 N–H and O–H groups in total. The highest BCUT2D eigenvalue weighted by Crippen LogP contribution is 2.45. The second kappa shape index (κ2) is 5.26. The van der Waals surface area contributed by atoms with Gasteiger partial charge in [0, 0.05) is 31.2 Å². The quantitative estimate of drug-likeness (QED) is 0.838. The van der Waals surface area contributed by atoms with E-state index in [0.29, 0.717) is 5.54 Å². The van der Waals surface area contributed by atoms with E-state index in [4.69, 9.17) is 4.74 Å². The van der Waals surface area contributed by atoms with Gasteiger partial charge in [0.05, 0.1) is 12.2 Å². The summed E-state index contributed by atoms with van der Waals surface area (Å²) in [6.45, 7) is 13.3. The largest absolute Gasteiger partial charge is 0.375 e. The van der Waals surface area contributed by atoms with E-state index in [0.717, 1.165) is 31.0 Å². The monoisotopic (exact) mass is 280 g/mol. The van der Waals surface area contributed by atoms with Gasteiger partial charge in [0.2, 0.25) is 0 Å². The topological polar surface area (TPSA) is 24.5 Å². The van der Waals surface area contributed by atoms with Gasteiger partial charge in [0.25, 0.3) is 0 Å². The van der Waals surface area contributed by atoms with Crippen molar-refractivity contribution < 1.29 is 4.74 Å². The van der Waals surface area contributed by atoms with Crippen LogP contribution in [0.3, 0.4) is 0 Å². The number of rotatable bonds is 5. The zero-order valence-corrected chi connectivity index (χ0v) is 13.7. The predicted octanol–water partition coefficient (Wildman–Crippen LogP) is 2.65. The Hall–Kier alpha value is -0.120. The van der Waals surface area contributed by atoms with E-state index in [9.17, 15) is 0 Å². The molecule has 2 aliphatic carbocycles. The molecule has 116 valence electrons. The van der Waals surface area contributed by atoms with Gasteiger partial charge < -0.3 is 10.1 Å². The number of nitrogens with one attached hydrogen (secondary N) is 1. The molecule has 2 unspecified atom stereocenters. The van der Waals surface area contributed by atoms with E-state index in [1.165, 1.54) is 38.8 Å². The SMILES string of the molecule is CC(C)(C)OCCN1CC(C2CC2)NCC1(C)C1CC1. The Bertz CT molecular complexity index is 343. The van der Waals surface area contributed by atoms with Crippen LogP contribution < -0.4 is 5.32 Å². The van der Waals surface area contributed by atoms with Gasteiger partial charge in [-0.05, 0) is 65.2 Å². The first-order valence-corrected chi connectivity index (χ1v) is 8.51. The average Bonchev–Trinajstić information content (AvgIpc) is 3.22. The Balaban J connectivity index is 1.59. The lowest BCUT2D eigenvalue weighted by Crippen LogP contribution is -2.65. The number of hydrogen-bond donors (Lipinski definition) is 1. The second-order valence-corrected chi connectivity index (χ2v) is 8.36. The van der Waals surface area contributed by atoms with Crippen molar-refractivity contribution >= 4 is 0 Å². The zero-order chi connectivity index (χ0) is 14.4. The van der Waals surface area contributed by atoms with Gasteiger partial charge in [0.1, 0.15) is 0 Å². The molecule has 2 atom stereocenters. The van der Waals surface area contributed by atoms with E-state index in [-0.39, 0.29) is 5.60 Å². The minimum atomic E-state index is -0.0140. The highest BCUT2D eigenvalue weighted by atomic mass is 16.5. The number of nitrogens with zero attached hydrogens (tertiary/aromatic N) is 1. The summed E-state index contributed by atoms with van der Waals surface area (Å²) in [6.07, 6.45) is 5.71. The molecule has 0 amide bonds. The number of hydrogen-bond acceptors (Lipinski definition) is 3. The Labute approximate surface area is 124 Å². The minimum absolute atomic E-state index is 0.0140. The average molecular weight is 280 g/mol. The van der Waals surface area contributed by atoms with Crippen molar-refractivity contribution in [3.05, 3.63) is 0 Å². The van der Waals surface area contributed by atoms with Crippen LogP contribution in [0, 0.1) is 11.8 Å². The molecule has 3 aliphatic rings. The van der Waals surface area contributed by atoms with Crippen LogP contribution >= 0.6 is 0 Å². The summed E-state index contributed by atoms with van der Waals surface area (Å²) in [5.41, 5.74) is 0.354. The Kier molecular flexibility index (Phi) is 3.89. The molecule has 0 spiro atoms. The lowest BCUT2D eigenvalue weighted by molar-refractivity contribution is -0.0421. The maximum Gasteiger partial charge on any atom is 0.0600 e. The van der Waals surface area contributed by atoms with Gasteiger partial charge >= 0.3 is 0 Å². The van der Waals surface area contributed by atoms with Crippen LogP contribution in [0.15, 0.2) is 0 Å². The van der Waals surface area contributed by atoms with Gasteiger partial charge in [-0.1, -0.05) is 0 Å². The first kappa shape index (κ1) is 14.8. The molecule has 3 heteroatoms. The van der Waals surface area contributed by atoms with E-state index >= 15 is 0 Å². The van der Waals surface area contributed by atoms with Crippen LogP contribution in [0.25, 0.3) is 0 Å². The highest BCUT2D eigenvalue weighted by molar-refractivity contribution is 5.06. The lowest BCUT2D eigenvalue weighted by atomic mass is 9.88. The predicted molar refractivity (Wildman–Crippen MR) is 82.9 cm³/mol. The van der Waals surface area contributed by atoms with Crippen molar-refractivity contribution in [2.24, 2.45) is 11.8 Å². The summed E-state index contributed by atoms with van der Waals surface area (Å²) in [4.78, 5) is 2.75. The molecule has 1 aliphatic heterocycles. The van der Waals surface area contributed by atoms with Crippen LogP contribution in [0.2, 0.25) is 0 Å². The Morgan fingerprint density at radius 3 is 2.45 bits per heavy atom. The lowest BCUT2D eigenvalue weighted by Gasteiger charge is -2.49. The smallest absolute Gasteiger partial charge is 0.0600 e. The molecule has 2 saturated carbocycles. The molecular weight excluding hydrogens is 248 g/mol. The molecule has 0 aromatic rings. The molecule has 0 aromatic heterocycles. The van der Waals surface area contributed by atoms with Gasteiger partial charge in [-0.15, -0.1) is 0 Å². The molecule has 1 heterocycles. The van der Waals surface area contributed by atoms with E-state index in [1.54, 1.807) is 0 Å². The molecule has 0 radical (unpaired) electrons. The van der Waals surface area contributed by atoms with Crippen molar-refractivity contribution in [1.82, 2.24) is 10.2 Å². The van der Waals surface area contributed by atoms with Crippen LogP contribution in [-0.2, 0) is 4.74 Å². The Morgan fingerprint density at radius 1 is 1.20 bits per heavy atom. The molecule has 0 aromatic carbocycles. The minimum Gasteiger partial charge on any atom is -0.375 e. The fourth-order valence-electron chi connectivity index (χ4n) is 3.69. The van der Waals surface area contributed by atoms with Crippen LogP contribution in [-0.4, -0.2) is 48.3 Å². The second-order valence-electron chi connectivity index (χ2n) is 8.36. The van der Waals surface area contributed by atoms with Crippen LogP contribution in [0.1, 0.15) is 53.4 Å². The van der Waals surface area contributed by atoms with Gasteiger partial charge in [-0.3, -0.25) is 4.90 Å². The van der Waals surface area contributed by atoms with E-state index in [2.05, 4.69) is 37.9 Å². The zero-order valence-electron chi connectivity index (χ0n) is 13.7. The van der Waals surface area contributed by atoms with Crippen LogP contribution in [0.4, 0.5) is 0 Å². The van der Waals surface area contributed by atoms with Gasteiger partial charge in [0.15, 0.2) is 0 Å². The molecule has 3 fully saturated rings. The maximum atomic E-state index is 5.97. The third kappa shape index (κ3) is 3.37. The number of ether oxygens (including phenoxy) is 1. The van der Waals surface area contributed by atoms with E-state index in [1.807, 2.05) is 0 Å². The summed E-state index contributed by atoms with van der Waals surface area (Å²) >= 11 is 0. The molecular formula is C17H32N2O. The summed E-state index contributed by atoms with van der Waals surface area (Å²) < 4.78 is 5.97. The van der Waals surface area contributed by atoms with E-state index < -0.39 is 0 Å².